The maximum atomic E-state index is 13.1. The Morgan fingerprint density at radius 2 is 1.84 bits per heavy atom. The highest BCUT2D eigenvalue weighted by molar-refractivity contribution is 7.89. The van der Waals surface area contributed by atoms with E-state index >= 15 is 0 Å². The maximum Gasteiger partial charge on any atom is 0.262 e. The summed E-state index contributed by atoms with van der Waals surface area (Å²) in [6.07, 6.45) is 3.50. The number of aromatic nitrogens is 2. The number of rotatable bonds is 6. The van der Waals surface area contributed by atoms with E-state index in [0.717, 1.165) is 25.2 Å². The van der Waals surface area contributed by atoms with Gasteiger partial charge in [-0.1, -0.05) is 0 Å². The summed E-state index contributed by atoms with van der Waals surface area (Å²) >= 11 is 0. The second-order valence-electron chi connectivity index (χ2n) is 8.74. The number of imidazole rings is 1. The molecule has 2 fully saturated rings. The number of benzene rings is 1. The van der Waals surface area contributed by atoms with Gasteiger partial charge in [-0.05, 0) is 56.4 Å². The predicted molar refractivity (Wildman–Crippen MR) is 119 cm³/mol. The second-order valence-corrected chi connectivity index (χ2v) is 10.6. The minimum absolute atomic E-state index is 0.00374. The van der Waals surface area contributed by atoms with E-state index in [1.807, 2.05) is 0 Å². The third-order valence-corrected chi connectivity index (χ3v) is 8.33. The van der Waals surface area contributed by atoms with Gasteiger partial charge in [-0.3, -0.25) is 4.79 Å². The first-order valence-corrected chi connectivity index (χ1v) is 12.5. The van der Waals surface area contributed by atoms with Gasteiger partial charge in [0, 0.05) is 57.6 Å². The number of nitrogens with zero attached hydrogens (tertiary/aromatic N) is 4. The Morgan fingerprint density at radius 1 is 1.16 bits per heavy atom. The van der Waals surface area contributed by atoms with Crippen LogP contribution in [0.15, 0.2) is 35.5 Å². The Morgan fingerprint density at radius 3 is 2.47 bits per heavy atom. The van der Waals surface area contributed by atoms with Crippen molar-refractivity contribution in [3.05, 3.63) is 42.1 Å². The van der Waals surface area contributed by atoms with E-state index in [-0.39, 0.29) is 22.7 Å². The Hall–Kier alpha value is -2.46. The molecule has 0 saturated carbocycles. The van der Waals surface area contributed by atoms with Crippen LogP contribution in [0.3, 0.4) is 0 Å². The first-order valence-electron chi connectivity index (χ1n) is 11.0. The molecule has 174 valence electrons. The fraction of sp³-hybridized carbons (Fsp3) is 0.545. The van der Waals surface area contributed by atoms with Crippen molar-refractivity contribution >= 4 is 21.6 Å². The zero-order valence-electron chi connectivity index (χ0n) is 18.5. The molecular formula is C22H30FN5O3S. The van der Waals surface area contributed by atoms with Gasteiger partial charge in [-0.15, -0.1) is 0 Å². The molecule has 1 amide bonds. The molecule has 32 heavy (non-hydrogen) atoms. The van der Waals surface area contributed by atoms with Crippen LogP contribution >= 0.6 is 0 Å². The van der Waals surface area contributed by atoms with Gasteiger partial charge in [-0.25, -0.2) is 17.8 Å². The van der Waals surface area contributed by atoms with E-state index in [0.29, 0.717) is 44.2 Å². The molecule has 1 atom stereocenters. The van der Waals surface area contributed by atoms with Crippen LogP contribution in [-0.4, -0.2) is 60.9 Å². The lowest BCUT2D eigenvalue weighted by Crippen LogP contribution is -2.44. The fourth-order valence-electron chi connectivity index (χ4n) is 4.42. The standard InChI is InChI=1S/C22H30FN5O3S/c1-16-25-21(15-26(16)2)32(30,31)28-11-8-18(9-12-28)22(29)24-13-17-7-10-27(14-17)20-5-3-19(23)4-6-20/h3-6,15,17-18H,7-14H2,1-2H3,(H,24,29). The summed E-state index contributed by atoms with van der Waals surface area (Å²) in [4.78, 5) is 19.0. The van der Waals surface area contributed by atoms with Gasteiger partial charge in [0.05, 0.1) is 0 Å². The highest BCUT2D eigenvalue weighted by atomic mass is 32.2. The van der Waals surface area contributed by atoms with Crippen molar-refractivity contribution in [3.63, 3.8) is 0 Å². The van der Waals surface area contributed by atoms with Crippen molar-refractivity contribution in [2.75, 3.05) is 37.6 Å². The van der Waals surface area contributed by atoms with Crippen LogP contribution in [0.4, 0.5) is 10.1 Å². The lowest BCUT2D eigenvalue weighted by atomic mass is 9.97. The SMILES string of the molecule is Cc1nc(S(=O)(=O)N2CCC(C(=O)NCC3CCN(c4ccc(F)cc4)C3)CC2)cn1C. The molecular weight excluding hydrogens is 433 g/mol. The summed E-state index contributed by atoms with van der Waals surface area (Å²) < 4.78 is 41.9. The molecule has 0 radical (unpaired) electrons. The molecule has 2 saturated heterocycles. The smallest absolute Gasteiger partial charge is 0.262 e. The Balaban J connectivity index is 1.24. The van der Waals surface area contributed by atoms with Crippen molar-refractivity contribution in [3.8, 4) is 0 Å². The van der Waals surface area contributed by atoms with E-state index in [9.17, 15) is 17.6 Å². The van der Waals surface area contributed by atoms with E-state index in [2.05, 4.69) is 15.2 Å². The molecule has 10 heteroatoms. The first kappa shape index (κ1) is 22.7. The number of anilines is 1. The van der Waals surface area contributed by atoms with Gasteiger partial charge in [-0.2, -0.15) is 4.31 Å². The molecule has 1 N–H and O–H groups in total. The molecule has 0 aliphatic carbocycles. The van der Waals surface area contributed by atoms with Gasteiger partial charge in [0.2, 0.25) is 5.91 Å². The lowest BCUT2D eigenvalue weighted by molar-refractivity contribution is -0.126. The van der Waals surface area contributed by atoms with Crippen LogP contribution in [0, 0.1) is 24.6 Å². The Bertz CT molecular complexity index is 1040. The average molecular weight is 464 g/mol. The van der Waals surface area contributed by atoms with Crippen LogP contribution in [0.5, 0.6) is 0 Å². The van der Waals surface area contributed by atoms with E-state index < -0.39 is 10.0 Å². The van der Waals surface area contributed by atoms with Crippen LogP contribution in [0.2, 0.25) is 0 Å². The molecule has 2 aromatic rings. The quantitative estimate of drug-likeness (QED) is 0.707. The molecule has 0 bridgehead atoms. The van der Waals surface area contributed by atoms with Gasteiger partial charge >= 0.3 is 0 Å². The van der Waals surface area contributed by atoms with Gasteiger partial charge in [0.1, 0.15) is 11.6 Å². The van der Waals surface area contributed by atoms with Gasteiger partial charge in [0.15, 0.2) is 5.03 Å². The fourth-order valence-corrected chi connectivity index (χ4v) is 5.91. The van der Waals surface area contributed by atoms with Crippen molar-refractivity contribution in [2.24, 2.45) is 18.9 Å². The normalized spacial score (nSPS) is 20.6. The number of piperidine rings is 1. The number of nitrogens with one attached hydrogen (secondary N) is 1. The van der Waals surface area contributed by atoms with Crippen LogP contribution in [0.1, 0.15) is 25.1 Å². The van der Waals surface area contributed by atoms with E-state index in [4.69, 9.17) is 0 Å². The van der Waals surface area contributed by atoms with Crippen LogP contribution in [0.25, 0.3) is 0 Å². The van der Waals surface area contributed by atoms with Gasteiger partial charge in [0.25, 0.3) is 10.0 Å². The van der Waals surface area contributed by atoms with E-state index in [1.165, 1.54) is 22.6 Å². The van der Waals surface area contributed by atoms with E-state index in [1.54, 1.807) is 30.7 Å². The largest absolute Gasteiger partial charge is 0.371 e. The summed E-state index contributed by atoms with van der Waals surface area (Å²) in [7, 11) is -1.87. The summed E-state index contributed by atoms with van der Waals surface area (Å²) in [5.74, 6) is 0.558. The lowest BCUT2D eigenvalue weighted by Gasteiger charge is -2.30. The van der Waals surface area contributed by atoms with Crippen molar-refractivity contribution < 1.29 is 17.6 Å². The molecule has 1 unspecified atom stereocenters. The van der Waals surface area contributed by atoms with Gasteiger partial charge < -0.3 is 14.8 Å². The zero-order chi connectivity index (χ0) is 22.9. The highest BCUT2D eigenvalue weighted by Crippen LogP contribution is 2.25. The Kier molecular flexibility index (Phi) is 6.52. The molecule has 3 heterocycles. The number of halogens is 1. The summed E-state index contributed by atoms with van der Waals surface area (Å²) in [6.45, 7) is 4.71. The minimum Gasteiger partial charge on any atom is -0.371 e. The minimum atomic E-state index is -3.63. The monoisotopic (exact) mass is 463 g/mol. The topological polar surface area (TPSA) is 87.5 Å². The predicted octanol–water partition coefficient (Wildman–Crippen LogP) is 1.91. The van der Waals surface area contributed by atoms with Crippen molar-refractivity contribution in [1.82, 2.24) is 19.2 Å². The Labute approximate surface area is 188 Å². The number of hydrogen-bond donors (Lipinski definition) is 1. The maximum absolute atomic E-state index is 13.1. The number of carbonyl (C=O) groups is 1. The number of amides is 1. The summed E-state index contributed by atoms with van der Waals surface area (Å²) in [5, 5.41) is 3.12. The molecule has 1 aromatic heterocycles. The summed E-state index contributed by atoms with van der Waals surface area (Å²) in [6, 6.07) is 6.49. The number of carbonyl (C=O) groups excluding carboxylic acids is 1. The molecule has 1 aromatic carbocycles. The van der Waals surface area contributed by atoms with Crippen molar-refractivity contribution in [1.29, 1.82) is 0 Å². The molecule has 2 aliphatic rings. The molecule has 8 nitrogen and oxygen atoms in total. The summed E-state index contributed by atoms with van der Waals surface area (Å²) in [5.41, 5.74) is 0.997. The first-order chi connectivity index (χ1) is 15.2. The van der Waals surface area contributed by atoms with Crippen LogP contribution in [-0.2, 0) is 21.9 Å². The molecule has 0 spiro atoms. The third-order valence-electron chi connectivity index (χ3n) is 6.56. The van der Waals surface area contributed by atoms with Crippen molar-refractivity contribution in [2.45, 2.75) is 31.2 Å². The highest BCUT2D eigenvalue weighted by Gasteiger charge is 2.34. The molecule has 4 rings (SSSR count). The zero-order valence-corrected chi connectivity index (χ0v) is 19.3. The number of hydrogen-bond acceptors (Lipinski definition) is 5. The number of aryl methyl sites for hydroxylation is 2. The third kappa shape index (κ3) is 4.80. The average Bonchev–Trinajstić information content (AvgIpc) is 3.39. The number of sulfonamides is 1. The van der Waals surface area contributed by atoms with Crippen LogP contribution < -0.4 is 10.2 Å². The second kappa shape index (κ2) is 9.19. The molecule has 2 aliphatic heterocycles.